The zero-order valence-electron chi connectivity index (χ0n) is 26.4. The van der Waals surface area contributed by atoms with Crippen LogP contribution < -0.4 is 0 Å². The molecule has 7 aliphatic carbocycles. The van der Waals surface area contributed by atoms with Gasteiger partial charge in [0.2, 0.25) is 0 Å². The number of aromatic hydroxyl groups is 1. The van der Waals surface area contributed by atoms with Crippen LogP contribution >= 0.6 is 0 Å². The van der Waals surface area contributed by atoms with Gasteiger partial charge in [-0.1, -0.05) is 31.4 Å². The Kier molecular flexibility index (Phi) is 7.42. The molecule has 0 aliphatic heterocycles. The average molecular weight is 585 g/mol. The van der Waals surface area contributed by atoms with Gasteiger partial charge in [-0.25, -0.2) is 0 Å². The van der Waals surface area contributed by atoms with Crippen LogP contribution in [0.1, 0.15) is 121 Å². The van der Waals surface area contributed by atoms with Crippen LogP contribution in [0.2, 0.25) is 0 Å². The SMILES string of the molecule is C#CC1(O)CC[C@H]2[C@@H]3CCC4=CC(=O)CC[C@@H]4[C@H]3CC[C@@]21CC.C[C@]12CC[C@@H]3c4ccc(O)cc4CC[C@H]3[C@@H]1CC[C@@H]2O. The largest absolute Gasteiger partial charge is 0.508 e. The molecule has 1 aromatic rings. The highest BCUT2D eigenvalue weighted by molar-refractivity contribution is 5.91. The standard InChI is InChI=1S/C21H28O2.C18H24O2/c1-3-20-11-9-17-16-8-6-15(22)13-14(16)5-7-18(17)19(20)10-12-21(20,23)4-2;1-18-9-8-14-13-5-3-12(19)10-11(13)2-4-15(14)16(18)6-7-17(18)20/h2,13,16-19,23H,3,5-12H2,1H3;3,5,10,14-17,19-20H,2,4,6-9H2,1H3/t16-,17+,18+,19-,20-,21?;14-,15-,16+,17+,18+/m01/s1. The van der Waals surface area contributed by atoms with Gasteiger partial charge in [-0.3, -0.25) is 4.79 Å². The summed E-state index contributed by atoms with van der Waals surface area (Å²) in [6.45, 7) is 4.53. The molecule has 0 aromatic heterocycles. The first-order valence-corrected chi connectivity index (χ1v) is 17.6. The quantitative estimate of drug-likeness (QED) is 0.299. The predicted molar refractivity (Wildman–Crippen MR) is 169 cm³/mol. The third-order valence-corrected chi connectivity index (χ3v) is 14.7. The molecule has 0 heterocycles. The molecule has 0 saturated heterocycles. The number of rotatable bonds is 1. The maximum Gasteiger partial charge on any atom is 0.155 e. The van der Waals surface area contributed by atoms with Crippen LogP contribution in [0.4, 0.5) is 0 Å². The van der Waals surface area contributed by atoms with Gasteiger partial charge in [0.15, 0.2) is 5.78 Å². The average Bonchev–Trinajstić information content (AvgIpc) is 3.50. The number of terminal acetylenes is 1. The van der Waals surface area contributed by atoms with Crippen molar-refractivity contribution < 1.29 is 20.1 Å². The van der Waals surface area contributed by atoms with Crippen LogP contribution in [0.15, 0.2) is 29.8 Å². The van der Waals surface area contributed by atoms with E-state index in [4.69, 9.17) is 6.42 Å². The number of aliphatic hydroxyl groups excluding tert-OH is 1. The molecule has 11 atom stereocenters. The summed E-state index contributed by atoms with van der Waals surface area (Å²) >= 11 is 0. The zero-order valence-corrected chi connectivity index (χ0v) is 26.4. The van der Waals surface area contributed by atoms with Gasteiger partial charge in [-0.15, -0.1) is 6.42 Å². The van der Waals surface area contributed by atoms with E-state index in [1.165, 1.54) is 48.8 Å². The first-order valence-electron chi connectivity index (χ1n) is 17.6. The summed E-state index contributed by atoms with van der Waals surface area (Å²) in [5, 5.41) is 31.2. The fourth-order valence-electron chi connectivity index (χ4n) is 12.5. The number of carbonyl (C=O) groups is 1. The van der Waals surface area contributed by atoms with Crippen molar-refractivity contribution in [3.63, 3.8) is 0 Å². The number of aryl methyl sites for hydroxylation is 1. The number of phenols is 1. The third-order valence-electron chi connectivity index (χ3n) is 14.7. The summed E-state index contributed by atoms with van der Waals surface area (Å²) in [6.07, 6.45) is 23.7. The Hall–Kier alpha value is -2.09. The molecule has 5 fully saturated rings. The molecule has 0 bridgehead atoms. The molecule has 4 nitrogen and oxygen atoms in total. The molecule has 0 amide bonds. The van der Waals surface area contributed by atoms with E-state index in [9.17, 15) is 20.1 Å². The lowest BCUT2D eigenvalue weighted by Crippen LogP contribution is -2.53. The molecule has 4 heteroatoms. The normalized spacial score (nSPS) is 45.9. The van der Waals surface area contributed by atoms with Crippen LogP contribution in [-0.4, -0.2) is 32.8 Å². The second kappa shape index (κ2) is 10.8. The van der Waals surface area contributed by atoms with E-state index in [1.54, 1.807) is 0 Å². The summed E-state index contributed by atoms with van der Waals surface area (Å²) in [4.78, 5) is 11.8. The molecule has 232 valence electrons. The number of aliphatic hydroxyl groups is 2. The lowest BCUT2D eigenvalue weighted by molar-refractivity contribution is -0.117. The zero-order chi connectivity index (χ0) is 30.1. The van der Waals surface area contributed by atoms with E-state index in [2.05, 4.69) is 25.8 Å². The van der Waals surface area contributed by atoms with Gasteiger partial charge in [0, 0.05) is 11.8 Å². The lowest BCUT2D eigenvalue weighted by Gasteiger charge is -2.55. The first-order chi connectivity index (χ1) is 20.6. The van der Waals surface area contributed by atoms with Crippen molar-refractivity contribution >= 4 is 5.78 Å². The fraction of sp³-hybridized carbons (Fsp3) is 0.718. The molecule has 8 rings (SSSR count). The topological polar surface area (TPSA) is 77.8 Å². The highest BCUT2D eigenvalue weighted by Crippen LogP contribution is 2.66. The van der Waals surface area contributed by atoms with Crippen LogP contribution in [0, 0.1) is 58.7 Å². The Balaban J connectivity index is 0.000000141. The van der Waals surface area contributed by atoms with E-state index in [1.807, 2.05) is 18.2 Å². The van der Waals surface area contributed by atoms with Gasteiger partial charge in [0.05, 0.1) is 6.10 Å². The minimum atomic E-state index is -0.893. The van der Waals surface area contributed by atoms with E-state index < -0.39 is 5.60 Å². The van der Waals surface area contributed by atoms with E-state index in [0.717, 1.165) is 70.1 Å². The second-order valence-electron chi connectivity index (χ2n) is 15.8. The van der Waals surface area contributed by atoms with Crippen LogP contribution in [0.3, 0.4) is 0 Å². The highest BCUT2D eigenvalue weighted by atomic mass is 16.3. The van der Waals surface area contributed by atoms with Crippen molar-refractivity contribution in [1.82, 2.24) is 0 Å². The summed E-state index contributed by atoms with van der Waals surface area (Å²) in [5.41, 5.74) is 3.47. The minimum absolute atomic E-state index is 0.0609. The van der Waals surface area contributed by atoms with E-state index in [-0.39, 0.29) is 16.9 Å². The molecule has 0 radical (unpaired) electrons. The minimum Gasteiger partial charge on any atom is -0.508 e. The molecule has 43 heavy (non-hydrogen) atoms. The van der Waals surface area contributed by atoms with Gasteiger partial charge in [-0.05, 0) is 166 Å². The summed E-state index contributed by atoms with van der Waals surface area (Å²) in [6, 6.07) is 5.96. The lowest BCUT2D eigenvalue weighted by atomic mass is 9.49. The highest BCUT2D eigenvalue weighted by Gasteiger charge is 2.63. The molecule has 0 spiro atoms. The molecule has 3 N–H and O–H groups in total. The smallest absolute Gasteiger partial charge is 0.155 e. The Bertz CT molecular complexity index is 1340. The number of benzene rings is 1. The van der Waals surface area contributed by atoms with Gasteiger partial charge in [0.1, 0.15) is 11.4 Å². The maximum atomic E-state index is 11.8. The Morgan fingerprint density at radius 3 is 2.49 bits per heavy atom. The van der Waals surface area contributed by atoms with Gasteiger partial charge in [0.25, 0.3) is 0 Å². The monoisotopic (exact) mass is 584 g/mol. The number of carbonyl (C=O) groups excluding carboxylic acids is 1. The molecular formula is C39H52O4. The number of ketones is 1. The number of allylic oxidation sites excluding steroid dienone is 1. The van der Waals surface area contributed by atoms with Crippen molar-refractivity contribution in [3.05, 3.63) is 41.0 Å². The number of fused-ring (bicyclic) bond motifs is 10. The predicted octanol–water partition coefficient (Wildman–Crippen LogP) is 7.49. The van der Waals surface area contributed by atoms with Gasteiger partial charge >= 0.3 is 0 Å². The van der Waals surface area contributed by atoms with Crippen LogP contribution in [-0.2, 0) is 11.2 Å². The Morgan fingerprint density at radius 1 is 0.884 bits per heavy atom. The van der Waals surface area contributed by atoms with Crippen molar-refractivity contribution in [2.24, 2.45) is 46.3 Å². The molecule has 1 aromatic carbocycles. The Morgan fingerprint density at radius 2 is 1.70 bits per heavy atom. The summed E-state index contributed by atoms with van der Waals surface area (Å²) in [7, 11) is 0. The molecular weight excluding hydrogens is 532 g/mol. The number of phenolic OH excluding ortho intramolecular Hbond substituents is 1. The molecule has 7 aliphatic rings. The second-order valence-corrected chi connectivity index (χ2v) is 15.8. The van der Waals surface area contributed by atoms with Crippen molar-refractivity contribution in [3.8, 4) is 18.1 Å². The Labute approximate surface area is 258 Å². The van der Waals surface area contributed by atoms with E-state index >= 15 is 0 Å². The first kappa shape index (κ1) is 29.6. The number of hydrogen-bond acceptors (Lipinski definition) is 4. The van der Waals surface area contributed by atoms with Crippen LogP contribution in [0.25, 0.3) is 0 Å². The van der Waals surface area contributed by atoms with Crippen molar-refractivity contribution in [1.29, 1.82) is 0 Å². The van der Waals surface area contributed by atoms with Gasteiger partial charge < -0.3 is 15.3 Å². The van der Waals surface area contributed by atoms with Gasteiger partial charge in [-0.2, -0.15) is 0 Å². The summed E-state index contributed by atoms with van der Waals surface area (Å²) < 4.78 is 0. The molecule has 5 saturated carbocycles. The number of hydrogen-bond donors (Lipinski definition) is 3. The van der Waals surface area contributed by atoms with Crippen molar-refractivity contribution in [2.75, 3.05) is 0 Å². The van der Waals surface area contributed by atoms with Crippen LogP contribution in [0.5, 0.6) is 5.75 Å². The molecule has 1 unspecified atom stereocenters. The fourth-order valence-corrected chi connectivity index (χ4v) is 12.5. The van der Waals surface area contributed by atoms with Crippen molar-refractivity contribution in [2.45, 2.75) is 128 Å². The maximum absolute atomic E-state index is 11.8. The third kappa shape index (κ3) is 4.42. The summed E-state index contributed by atoms with van der Waals surface area (Å²) in [5.74, 6) is 8.22. The van der Waals surface area contributed by atoms with E-state index in [0.29, 0.717) is 47.0 Å².